The van der Waals surface area contributed by atoms with Crippen molar-refractivity contribution in [3.8, 4) is 40.1 Å². The zero-order valence-electron chi connectivity index (χ0n) is 11.9. The molecule has 0 saturated heterocycles. The van der Waals surface area contributed by atoms with E-state index in [1.54, 1.807) is 0 Å². The highest BCUT2D eigenvalue weighted by Crippen LogP contribution is 2.40. The molecule has 0 aliphatic carbocycles. The van der Waals surface area contributed by atoms with Crippen LogP contribution in [0.5, 0.6) is 28.7 Å². The Morgan fingerprint density at radius 3 is 2.26 bits per heavy atom. The van der Waals surface area contributed by atoms with Crippen LogP contribution in [0.15, 0.2) is 33.5 Å². The monoisotopic (exact) mass is 316 g/mol. The molecule has 0 saturated carbocycles. The molecule has 0 radical (unpaired) electrons. The maximum absolute atomic E-state index is 12.3. The molecule has 118 valence electrons. The number of aromatic hydroxyl groups is 5. The summed E-state index contributed by atoms with van der Waals surface area (Å²) < 4.78 is 5.39. The van der Waals surface area contributed by atoms with Crippen molar-refractivity contribution in [3.05, 3.63) is 40.1 Å². The van der Waals surface area contributed by atoms with Crippen molar-refractivity contribution in [2.75, 3.05) is 0 Å². The normalized spacial score (nSPS) is 11.0. The minimum absolute atomic E-state index is 0.0288. The lowest BCUT2D eigenvalue weighted by atomic mass is 10.1. The molecule has 0 spiro atoms. The highest BCUT2D eigenvalue weighted by molar-refractivity contribution is 5.90. The minimum atomic E-state index is -0.908. The third-order valence-electron chi connectivity index (χ3n) is 3.59. The van der Waals surface area contributed by atoms with Crippen molar-refractivity contribution < 1.29 is 29.9 Å². The molecule has 1 heterocycles. The average Bonchev–Trinajstić information content (AvgIpc) is 2.49. The second-order valence-corrected chi connectivity index (χ2v) is 5.05. The number of fused-ring (bicyclic) bond motifs is 1. The van der Waals surface area contributed by atoms with Gasteiger partial charge in [-0.2, -0.15) is 0 Å². The first-order valence-electron chi connectivity index (χ1n) is 6.55. The summed E-state index contributed by atoms with van der Waals surface area (Å²) >= 11 is 0. The first-order chi connectivity index (χ1) is 10.8. The first kappa shape index (κ1) is 14.6. The van der Waals surface area contributed by atoms with Gasteiger partial charge in [-0.15, -0.1) is 0 Å². The minimum Gasteiger partial charge on any atom is -0.508 e. The topological polar surface area (TPSA) is 131 Å². The van der Waals surface area contributed by atoms with Crippen molar-refractivity contribution in [1.82, 2.24) is 0 Å². The van der Waals surface area contributed by atoms with Crippen LogP contribution in [0.4, 0.5) is 0 Å². The lowest BCUT2D eigenvalue weighted by Crippen LogP contribution is -2.03. The van der Waals surface area contributed by atoms with Crippen LogP contribution in [0.2, 0.25) is 0 Å². The number of hydrogen-bond acceptors (Lipinski definition) is 7. The summed E-state index contributed by atoms with van der Waals surface area (Å²) in [5.74, 6) is -2.56. The smallest absolute Gasteiger partial charge is 0.238 e. The summed E-state index contributed by atoms with van der Waals surface area (Å²) in [7, 11) is 0. The van der Waals surface area contributed by atoms with Crippen LogP contribution in [-0.2, 0) is 0 Å². The van der Waals surface area contributed by atoms with Gasteiger partial charge >= 0.3 is 0 Å². The van der Waals surface area contributed by atoms with E-state index in [1.807, 2.05) is 0 Å². The molecule has 0 fully saturated rings. The zero-order valence-corrected chi connectivity index (χ0v) is 11.9. The van der Waals surface area contributed by atoms with Crippen LogP contribution in [0.25, 0.3) is 22.3 Å². The van der Waals surface area contributed by atoms with Gasteiger partial charge in [0.2, 0.25) is 11.2 Å². The third-order valence-corrected chi connectivity index (χ3v) is 3.59. The van der Waals surface area contributed by atoms with E-state index in [2.05, 4.69) is 0 Å². The molecule has 7 heteroatoms. The Bertz CT molecular complexity index is 1000. The van der Waals surface area contributed by atoms with E-state index in [1.165, 1.54) is 19.1 Å². The van der Waals surface area contributed by atoms with Crippen molar-refractivity contribution in [3.63, 3.8) is 0 Å². The summed E-state index contributed by atoms with van der Waals surface area (Å²) in [6.45, 7) is 1.40. The van der Waals surface area contributed by atoms with Crippen LogP contribution < -0.4 is 5.43 Å². The van der Waals surface area contributed by atoms with Gasteiger partial charge in [-0.25, -0.2) is 0 Å². The second-order valence-electron chi connectivity index (χ2n) is 5.05. The maximum atomic E-state index is 12.3. The predicted molar refractivity (Wildman–Crippen MR) is 81.0 cm³/mol. The first-order valence-corrected chi connectivity index (χ1v) is 6.55. The molecule has 7 nitrogen and oxygen atoms in total. The molecular formula is C16H12O7. The Morgan fingerprint density at radius 2 is 1.61 bits per heavy atom. The standard InChI is InChI=1S/C16H12O7/c1-6-9(18)5-11-12(13(6)20)14(21)15(22)16(23-11)8-3-2-7(17)4-10(8)19/h2-5,17-20,22H,1H3. The molecule has 0 amide bonds. The largest absolute Gasteiger partial charge is 0.508 e. The fourth-order valence-electron chi connectivity index (χ4n) is 2.30. The lowest BCUT2D eigenvalue weighted by Gasteiger charge is -2.10. The molecule has 23 heavy (non-hydrogen) atoms. The third kappa shape index (κ3) is 2.10. The maximum Gasteiger partial charge on any atom is 0.238 e. The van der Waals surface area contributed by atoms with E-state index in [9.17, 15) is 30.3 Å². The van der Waals surface area contributed by atoms with Gasteiger partial charge in [0.25, 0.3) is 0 Å². The summed E-state index contributed by atoms with van der Waals surface area (Å²) in [5, 5.41) is 48.7. The van der Waals surface area contributed by atoms with Gasteiger partial charge in [0, 0.05) is 17.7 Å². The Balaban J connectivity index is 2.43. The molecule has 1 aromatic heterocycles. The van der Waals surface area contributed by atoms with E-state index < -0.39 is 22.7 Å². The van der Waals surface area contributed by atoms with Gasteiger partial charge in [0.1, 0.15) is 34.0 Å². The predicted octanol–water partition coefficient (Wildman–Crippen LogP) is 2.30. The van der Waals surface area contributed by atoms with Crippen LogP contribution in [-0.4, -0.2) is 25.5 Å². The molecule has 0 aliphatic rings. The van der Waals surface area contributed by atoms with Gasteiger partial charge in [0.15, 0.2) is 5.76 Å². The Labute approximate surface area is 128 Å². The lowest BCUT2D eigenvalue weighted by molar-refractivity contribution is 0.431. The molecule has 5 N–H and O–H groups in total. The molecule has 3 aromatic rings. The fourth-order valence-corrected chi connectivity index (χ4v) is 2.30. The quantitative estimate of drug-likeness (QED) is 0.465. The van der Waals surface area contributed by atoms with E-state index in [4.69, 9.17) is 4.42 Å². The number of benzene rings is 2. The van der Waals surface area contributed by atoms with Crippen molar-refractivity contribution in [2.24, 2.45) is 0 Å². The highest BCUT2D eigenvalue weighted by atomic mass is 16.4. The zero-order chi connectivity index (χ0) is 16.9. The molecule has 0 atom stereocenters. The van der Waals surface area contributed by atoms with Crippen LogP contribution >= 0.6 is 0 Å². The van der Waals surface area contributed by atoms with Gasteiger partial charge in [-0.3, -0.25) is 4.79 Å². The number of phenols is 4. The molecule has 0 unspecified atom stereocenters. The molecule has 0 bridgehead atoms. The van der Waals surface area contributed by atoms with Crippen LogP contribution in [0.1, 0.15) is 5.56 Å². The molecular weight excluding hydrogens is 304 g/mol. The molecule has 0 aliphatic heterocycles. The summed E-state index contributed by atoms with van der Waals surface area (Å²) in [4.78, 5) is 12.3. The van der Waals surface area contributed by atoms with Crippen LogP contribution in [0, 0.1) is 6.92 Å². The van der Waals surface area contributed by atoms with Crippen molar-refractivity contribution >= 4 is 11.0 Å². The average molecular weight is 316 g/mol. The van der Waals surface area contributed by atoms with Gasteiger partial charge in [0.05, 0.1) is 5.56 Å². The van der Waals surface area contributed by atoms with Crippen molar-refractivity contribution in [1.29, 1.82) is 0 Å². The van der Waals surface area contributed by atoms with Gasteiger partial charge in [-0.05, 0) is 19.1 Å². The molecule has 2 aromatic carbocycles. The number of phenolic OH excluding ortho intramolecular Hbond substituents is 4. The fraction of sp³-hybridized carbons (Fsp3) is 0.0625. The van der Waals surface area contributed by atoms with E-state index >= 15 is 0 Å². The van der Waals surface area contributed by atoms with Crippen molar-refractivity contribution in [2.45, 2.75) is 6.92 Å². The Kier molecular flexibility index (Phi) is 3.07. The Morgan fingerprint density at radius 1 is 0.913 bits per heavy atom. The van der Waals surface area contributed by atoms with E-state index in [0.717, 1.165) is 12.1 Å². The number of rotatable bonds is 1. The molecule has 3 rings (SSSR count). The summed E-state index contributed by atoms with van der Waals surface area (Å²) in [5.41, 5.74) is -1.02. The SMILES string of the molecule is Cc1c(O)cc2oc(-c3ccc(O)cc3O)c(O)c(=O)c2c1O. The summed E-state index contributed by atoms with van der Waals surface area (Å²) in [6.07, 6.45) is 0. The highest BCUT2D eigenvalue weighted by Gasteiger charge is 2.22. The van der Waals surface area contributed by atoms with E-state index in [0.29, 0.717) is 0 Å². The second kappa shape index (κ2) is 4.84. The Hall–Kier alpha value is -3.35. The van der Waals surface area contributed by atoms with Crippen LogP contribution in [0.3, 0.4) is 0 Å². The summed E-state index contributed by atoms with van der Waals surface area (Å²) in [6, 6.07) is 4.64. The van der Waals surface area contributed by atoms with E-state index in [-0.39, 0.29) is 39.4 Å². The van der Waals surface area contributed by atoms with Gasteiger partial charge in [-0.1, -0.05) is 0 Å². The number of hydrogen-bond donors (Lipinski definition) is 5. The van der Waals surface area contributed by atoms with Gasteiger partial charge < -0.3 is 29.9 Å².